The number of amides is 1. The predicted octanol–water partition coefficient (Wildman–Crippen LogP) is 2.58. The van der Waals surface area contributed by atoms with Crippen LogP contribution in [-0.4, -0.2) is 60.8 Å². The van der Waals surface area contributed by atoms with Gasteiger partial charge in [-0.3, -0.25) is 19.4 Å². The van der Waals surface area contributed by atoms with Crippen molar-refractivity contribution >= 4 is 11.7 Å². The van der Waals surface area contributed by atoms with E-state index in [0.717, 1.165) is 39.3 Å². The smallest absolute Gasteiger partial charge is 0.220 e. The van der Waals surface area contributed by atoms with Crippen molar-refractivity contribution in [1.82, 2.24) is 15.1 Å². The van der Waals surface area contributed by atoms with Gasteiger partial charge in [0.1, 0.15) is 0 Å². The number of benzene rings is 2. The number of hydrogen-bond acceptors (Lipinski definition) is 4. The molecule has 0 aromatic heterocycles. The summed E-state index contributed by atoms with van der Waals surface area (Å²) in [5.41, 5.74) is 2.02. The van der Waals surface area contributed by atoms with Crippen LogP contribution in [0.5, 0.6) is 0 Å². The molecule has 1 saturated heterocycles. The molecule has 1 aliphatic heterocycles. The summed E-state index contributed by atoms with van der Waals surface area (Å²) < 4.78 is 0. The molecule has 5 heteroatoms. The summed E-state index contributed by atoms with van der Waals surface area (Å²) in [7, 11) is 0. The predicted molar refractivity (Wildman–Crippen MR) is 111 cm³/mol. The molecule has 2 aromatic rings. The molecule has 1 amide bonds. The largest absolute Gasteiger partial charge is 0.355 e. The minimum atomic E-state index is -0.0491. The topological polar surface area (TPSA) is 52.7 Å². The van der Waals surface area contributed by atoms with Gasteiger partial charge in [-0.25, -0.2) is 0 Å². The molecule has 0 unspecified atom stereocenters. The van der Waals surface area contributed by atoms with Crippen LogP contribution < -0.4 is 5.32 Å². The molecule has 1 N–H and O–H groups in total. The highest BCUT2D eigenvalue weighted by molar-refractivity contribution is 5.97. The summed E-state index contributed by atoms with van der Waals surface area (Å²) in [6.07, 6.45) is 0.507. The first-order valence-electron chi connectivity index (χ1n) is 10.0. The lowest BCUT2D eigenvalue weighted by molar-refractivity contribution is -0.121. The van der Waals surface area contributed by atoms with Crippen LogP contribution in [0.2, 0.25) is 0 Å². The van der Waals surface area contributed by atoms with Gasteiger partial charge in [0.25, 0.3) is 0 Å². The van der Waals surface area contributed by atoms with Gasteiger partial charge < -0.3 is 5.32 Å². The Labute approximate surface area is 167 Å². The van der Waals surface area contributed by atoms with Crippen molar-refractivity contribution in [3.05, 3.63) is 71.8 Å². The van der Waals surface area contributed by atoms with Crippen molar-refractivity contribution in [3.8, 4) is 0 Å². The number of hydrogen-bond donors (Lipinski definition) is 1. The van der Waals surface area contributed by atoms with Crippen LogP contribution in [0.1, 0.15) is 28.8 Å². The Morgan fingerprint density at radius 2 is 1.39 bits per heavy atom. The number of carbonyl (C=O) groups excluding carboxylic acids is 2. The standard InChI is InChI=1S/C23H29N3O2/c27-22(21-9-5-2-6-10-21)11-12-23(28)24-13-14-25-15-17-26(18-16-25)19-20-7-3-1-4-8-20/h1-10H,11-19H2,(H,24,28). The summed E-state index contributed by atoms with van der Waals surface area (Å²) in [6.45, 7) is 6.64. The van der Waals surface area contributed by atoms with Crippen molar-refractivity contribution in [3.63, 3.8) is 0 Å². The molecule has 0 bridgehead atoms. The molecule has 0 saturated carbocycles. The van der Waals surface area contributed by atoms with Crippen molar-refractivity contribution in [2.75, 3.05) is 39.3 Å². The molecule has 5 nitrogen and oxygen atoms in total. The van der Waals surface area contributed by atoms with E-state index in [4.69, 9.17) is 0 Å². The molecule has 0 aliphatic carbocycles. The second-order valence-electron chi connectivity index (χ2n) is 7.24. The first-order chi connectivity index (χ1) is 13.7. The van der Waals surface area contributed by atoms with Crippen molar-refractivity contribution in [2.45, 2.75) is 19.4 Å². The maximum atomic E-state index is 12.0. The van der Waals surface area contributed by atoms with E-state index in [0.29, 0.717) is 12.1 Å². The molecule has 28 heavy (non-hydrogen) atoms. The van der Waals surface area contributed by atoms with Crippen LogP contribution in [0.3, 0.4) is 0 Å². The molecule has 1 aliphatic rings. The monoisotopic (exact) mass is 379 g/mol. The third kappa shape index (κ3) is 6.59. The molecular weight excluding hydrogens is 350 g/mol. The number of nitrogens with zero attached hydrogens (tertiary/aromatic N) is 2. The van der Waals surface area contributed by atoms with Crippen LogP contribution in [0, 0.1) is 0 Å². The van der Waals surface area contributed by atoms with Crippen LogP contribution in [-0.2, 0) is 11.3 Å². The van der Waals surface area contributed by atoms with Crippen LogP contribution >= 0.6 is 0 Å². The highest BCUT2D eigenvalue weighted by Crippen LogP contribution is 2.08. The maximum absolute atomic E-state index is 12.0. The summed E-state index contributed by atoms with van der Waals surface area (Å²) in [5, 5.41) is 2.94. The van der Waals surface area contributed by atoms with Gasteiger partial charge in [-0.05, 0) is 5.56 Å². The van der Waals surface area contributed by atoms with E-state index < -0.39 is 0 Å². The Balaban J connectivity index is 1.27. The van der Waals surface area contributed by atoms with Gasteiger partial charge in [0.15, 0.2) is 5.78 Å². The average molecular weight is 380 g/mol. The van der Waals surface area contributed by atoms with Crippen LogP contribution in [0.25, 0.3) is 0 Å². The summed E-state index contributed by atoms with van der Waals surface area (Å²) >= 11 is 0. The molecule has 0 atom stereocenters. The third-order valence-electron chi connectivity index (χ3n) is 5.14. The highest BCUT2D eigenvalue weighted by Gasteiger charge is 2.17. The van der Waals surface area contributed by atoms with Gasteiger partial charge in [-0.15, -0.1) is 0 Å². The van der Waals surface area contributed by atoms with Crippen molar-refractivity contribution in [1.29, 1.82) is 0 Å². The van der Waals surface area contributed by atoms with Crippen LogP contribution in [0.15, 0.2) is 60.7 Å². The number of Topliss-reactive ketones (excluding diaryl/α,β-unsaturated/α-hetero) is 1. The van der Waals surface area contributed by atoms with E-state index in [2.05, 4.69) is 39.4 Å². The maximum Gasteiger partial charge on any atom is 0.220 e. The van der Waals surface area contributed by atoms with Crippen molar-refractivity contribution in [2.24, 2.45) is 0 Å². The lowest BCUT2D eigenvalue weighted by Crippen LogP contribution is -2.48. The van der Waals surface area contributed by atoms with Gasteiger partial charge in [-0.2, -0.15) is 0 Å². The lowest BCUT2D eigenvalue weighted by atomic mass is 10.1. The van der Waals surface area contributed by atoms with E-state index in [1.54, 1.807) is 12.1 Å². The Bertz CT molecular complexity index is 741. The molecule has 3 rings (SSSR count). The highest BCUT2D eigenvalue weighted by atomic mass is 16.2. The Kier molecular flexibility index (Phi) is 7.76. The number of piperazine rings is 1. The normalized spacial score (nSPS) is 15.3. The SMILES string of the molecule is O=C(CCC(=O)c1ccccc1)NCCN1CCN(Cc2ccccc2)CC1. The second kappa shape index (κ2) is 10.7. The number of ketones is 1. The Hall–Kier alpha value is -2.50. The first-order valence-corrected chi connectivity index (χ1v) is 10.0. The number of rotatable bonds is 9. The third-order valence-corrected chi connectivity index (χ3v) is 5.14. The molecule has 2 aromatic carbocycles. The minimum absolute atomic E-state index is 0.0188. The van der Waals surface area contributed by atoms with Gasteiger partial charge in [0, 0.05) is 64.2 Å². The van der Waals surface area contributed by atoms with Gasteiger partial charge in [0.05, 0.1) is 0 Å². The van der Waals surface area contributed by atoms with E-state index >= 15 is 0 Å². The fraction of sp³-hybridized carbons (Fsp3) is 0.391. The average Bonchev–Trinajstić information content (AvgIpc) is 2.74. The summed E-state index contributed by atoms with van der Waals surface area (Å²) in [4.78, 5) is 28.9. The summed E-state index contributed by atoms with van der Waals surface area (Å²) in [6, 6.07) is 19.7. The van der Waals surface area contributed by atoms with E-state index in [1.165, 1.54) is 5.56 Å². The van der Waals surface area contributed by atoms with Gasteiger partial charge in [-0.1, -0.05) is 60.7 Å². The van der Waals surface area contributed by atoms with Crippen molar-refractivity contribution < 1.29 is 9.59 Å². The lowest BCUT2D eigenvalue weighted by Gasteiger charge is -2.34. The summed E-state index contributed by atoms with van der Waals surface area (Å²) in [5.74, 6) is -0.0303. The Morgan fingerprint density at radius 1 is 0.786 bits per heavy atom. The van der Waals surface area contributed by atoms with Gasteiger partial charge >= 0.3 is 0 Å². The van der Waals surface area contributed by atoms with E-state index in [1.807, 2.05) is 24.3 Å². The second-order valence-corrected chi connectivity index (χ2v) is 7.24. The molecule has 148 valence electrons. The van der Waals surface area contributed by atoms with Gasteiger partial charge in [0.2, 0.25) is 5.91 Å². The molecule has 1 heterocycles. The molecular formula is C23H29N3O2. The number of carbonyl (C=O) groups is 2. The zero-order valence-corrected chi connectivity index (χ0v) is 16.3. The van der Waals surface area contributed by atoms with E-state index in [-0.39, 0.29) is 24.5 Å². The molecule has 0 radical (unpaired) electrons. The molecule has 0 spiro atoms. The zero-order chi connectivity index (χ0) is 19.6. The quantitative estimate of drug-likeness (QED) is 0.681. The Morgan fingerprint density at radius 3 is 2.07 bits per heavy atom. The minimum Gasteiger partial charge on any atom is -0.355 e. The number of nitrogens with one attached hydrogen (secondary N) is 1. The zero-order valence-electron chi connectivity index (χ0n) is 16.3. The fourth-order valence-electron chi connectivity index (χ4n) is 3.45. The first kappa shape index (κ1) is 20.2. The molecule has 1 fully saturated rings. The van der Waals surface area contributed by atoms with Crippen LogP contribution in [0.4, 0.5) is 0 Å². The fourth-order valence-corrected chi connectivity index (χ4v) is 3.45. The van der Waals surface area contributed by atoms with E-state index in [9.17, 15) is 9.59 Å².